The van der Waals surface area contributed by atoms with Crippen molar-refractivity contribution in [2.24, 2.45) is 5.92 Å². The molecule has 2 atom stereocenters. The fourth-order valence-electron chi connectivity index (χ4n) is 2.77. The Kier molecular flexibility index (Phi) is 3.42. The summed E-state index contributed by atoms with van der Waals surface area (Å²) in [6, 6.07) is 11.0. The summed E-state index contributed by atoms with van der Waals surface area (Å²) in [7, 11) is 2.24. The van der Waals surface area contributed by atoms with E-state index in [1.165, 1.54) is 31.5 Å². The summed E-state index contributed by atoms with van der Waals surface area (Å²) in [5.74, 6) is 1.54. The van der Waals surface area contributed by atoms with Crippen LogP contribution in [0.4, 0.5) is 0 Å². The molecule has 0 radical (unpaired) electrons. The maximum absolute atomic E-state index is 2.47. The molecule has 1 heterocycles. The van der Waals surface area contributed by atoms with Gasteiger partial charge in [-0.25, -0.2) is 0 Å². The van der Waals surface area contributed by atoms with E-state index in [4.69, 9.17) is 0 Å². The maximum Gasteiger partial charge on any atom is 0.000981 e. The van der Waals surface area contributed by atoms with E-state index in [0.29, 0.717) is 0 Å². The first-order valence-corrected chi connectivity index (χ1v) is 6.01. The van der Waals surface area contributed by atoms with Gasteiger partial charge in [0, 0.05) is 6.54 Å². The summed E-state index contributed by atoms with van der Waals surface area (Å²) in [5, 5.41) is 0. The third kappa shape index (κ3) is 2.60. The molecule has 1 aliphatic heterocycles. The third-order valence-electron chi connectivity index (χ3n) is 3.57. The van der Waals surface area contributed by atoms with Crippen LogP contribution in [-0.4, -0.2) is 25.0 Å². The predicted molar refractivity (Wildman–Crippen MR) is 65.1 cm³/mol. The quantitative estimate of drug-likeness (QED) is 0.678. The van der Waals surface area contributed by atoms with E-state index >= 15 is 0 Å². The van der Waals surface area contributed by atoms with Gasteiger partial charge >= 0.3 is 0 Å². The van der Waals surface area contributed by atoms with Crippen LogP contribution in [0.25, 0.3) is 0 Å². The van der Waals surface area contributed by atoms with Crippen LogP contribution >= 0.6 is 0 Å². The molecule has 2 rings (SSSR count). The molecule has 0 spiro atoms. The number of hydrogen-bond acceptors (Lipinski definition) is 1. The SMILES string of the molecule is CC1CN(C)CCCC1c1ccccc1. The minimum absolute atomic E-state index is 0.760. The summed E-state index contributed by atoms with van der Waals surface area (Å²) >= 11 is 0. The van der Waals surface area contributed by atoms with Gasteiger partial charge < -0.3 is 4.90 Å². The Morgan fingerprint density at radius 2 is 1.93 bits per heavy atom. The van der Waals surface area contributed by atoms with Crippen molar-refractivity contribution in [3.05, 3.63) is 35.9 Å². The number of hydrogen-bond donors (Lipinski definition) is 0. The molecule has 15 heavy (non-hydrogen) atoms. The maximum atomic E-state index is 2.47. The van der Waals surface area contributed by atoms with Crippen molar-refractivity contribution < 1.29 is 0 Å². The van der Waals surface area contributed by atoms with Crippen molar-refractivity contribution in [3.8, 4) is 0 Å². The lowest BCUT2D eigenvalue weighted by Crippen LogP contribution is -2.24. The zero-order valence-electron chi connectivity index (χ0n) is 9.82. The molecule has 1 fully saturated rings. The van der Waals surface area contributed by atoms with Crippen LogP contribution in [0.3, 0.4) is 0 Å². The molecule has 82 valence electrons. The fourth-order valence-corrected chi connectivity index (χ4v) is 2.77. The molecule has 1 nitrogen and oxygen atoms in total. The van der Waals surface area contributed by atoms with Crippen LogP contribution in [0, 0.1) is 5.92 Å². The van der Waals surface area contributed by atoms with Crippen molar-refractivity contribution in [2.75, 3.05) is 20.1 Å². The highest BCUT2D eigenvalue weighted by Gasteiger charge is 2.23. The van der Waals surface area contributed by atoms with Crippen molar-refractivity contribution >= 4 is 0 Å². The first-order valence-electron chi connectivity index (χ1n) is 6.01. The summed E-state index contributed by atoms with van der Waals surface area (Å²) in [4.78, 5) is 2.47. The van der Waals surface area contributed by atoms with Gasteiger partial charge in [-0.15, -0.1) is 0 Å². The molecule has 0 aromatic heterocycles. The van der Waals surface area contributed by atoms with Gasteiger partial charge in [-0.2, -0.15) is 0 Å². The lowest BCUT2D eigenvalue weighted by atomic mass is 9.85. The van der Waals surface area contributed by atoms with Gasteiger partial charge in [0.1, 0.15) is 0 Å². The zero-order chi connectivity index (χ0) is 10.7. The van der Waals surface area contributed by atoms with Crippen molar-refractivity contribution in [1.29, 1.82) is 0 Å². The Morgan fingerprint density at radius 1 is 1.20 bits per heavy atom. The minimum atomic E-state index is 0.760. The van der Waals surface area contributed by atoms with E-state index in [-0.39, 0.29) is 0 Å². The molecule has 0 N–H and O–H groups in total. The van der Waals surface area contributed by atoms with Gasteiger partial charge in [0.25, 0.3) is 0 Å². The molecule has 0 amide bonds. The summed E-state index contributed by atoms with van der Waals surface area (Å²) in [6.07, 6.45) is 2.68. The van der Waals surface area contributed by atoms with Crippen molar-refractivity contribution in [2.45, 2.75) is 25.7 Å². The van der Waals surface area contributed by atoms with Crippen LogP contribution in [0.5, 0.6) is 0 Å². The van der Waals surface area contributed by atoms with Crippen LogP contribution < -0.4 is 0 Å². The summed E-state index contributed by atoms with van der Waals surface area (Å²) in [5.41, 5.74) is 1.53. The number of likely N-dealkylation sites (tertiary alicyclic amines) is 1. The second-order valence-corrected chi connectivity index (χ2v) is 4.90. The molecule has 0 saturated carbocycles. The monoisotopic (exact) mass is 203 g/mol. The topological polar surface area (TPSA) is 3.24 Å². The average Bonchev–Trinajstić information content (AvgIpc) is 2.40. The highest BCUT2D eigenvalue weighted by atomic mass is 15.1. The van der Waals surface area contributed by atoms with Gasteiger partial charge in [0.2, 0.25) is 0 Å². The highest BCUT2D eigenvalue weighted by Crippen LogP contribution is 2.31. The number of benzene rings is 1. The second kappa shape index (κ2) is 4.80. The Hall–Kier alpha value is -0.820. The predicted octanol–water partition coefficient (Wildman–Crippen LogP) is 3.13. The average molecular weight is 203 g/mol. The normalized spacial score (nSPS) is 28.7. The molecule has 1 aliphatic rings. The van der Waals surface area contributed by atoms with E-state index in [9.17, 15) is 0 Å². The lowest BCUT2D eigenvalue weighted by Gasteiger charge is -2.23. The summed E-state index contributed by atoms with van der Waals surface area (Å²) in [6.45, 7) is 4.88. The molecular formula is C14H21N. The lowest BCUT2D eigenvalue weighted by molar-refractivity contribution is 0.300. The van der Waals surface area contributed by atoms with Gasteiger partial charge in [0.05, 0.1) is 0 Å². The highest BCUT2D eigenvalue weighted by molar-refractivity contribution is 5.20. The van der Waals surface area contributed by atoms with Crippen LogP contribution in [0.1, 0.15) is 31.2 Å². The van der Waals surface area contributed by atoms with Crippen molar-refractivity contribution in [3.63, 3.8) is 0 Å². The molecule has 0 aliphatic carbocycles. The first kappa shape index (κ1) is 10.7. The van der Waals surface area contributed by atoms with Gasteiger partial charge in [-0.3, -0.25) is 0 Å². The Bertz CT molecular complexity index is 293. The molecule has 1 saturated heterocycles. The Balaban J connectivity index is 2.14. The minimum Gasteiger partial charge on any atom is -0.306 e. The van der Waals surface area contributed by atoms with E-state index in [1.807, 2.05) is 0 Å². The van der Waals surface area contributed by atoms with E-state index < -0.39 is 0 Å². The fraction of sp³-hybridized carbons (Fsp3) is 0.571. The van der Waals surface area contributed by atoms with Gasteiger partial charge in [-0.05, 0) is 43.8 Å². The molecule has 0 bridgehead atoms. The van der Waals surface area contributed by atoms with Gasteiger partial charge in [0.15, 0.2) is 0 Å². The molecule has 1 aromatic rings. The standard InChI is InChI=1S/C14H21N/c1-12-11-15(2)10-6-9-14(12)13-7-4-3-5-8-13/h3-5,7-8,12,14H,6,9-11H2,1-2H3. The van der Waals surface area contributed by atoms with E-state index in [0.717, 1.165) is 11.8 Å². The Morgan fingerprint density at radius 3 is 2.67 bits per heavy atom. The smallest absolute Gasteiger partial charge is 0.000981 e. The number of rotatable bonds is 1. The Labute approximate surface area is 93.1 Å². The second-order valence-electron chi connectivity index (χ2n) is 4.90. The van der Waals surface area contributed by atoms with Crippen LogP contribution in [-0.2, 0) is 0 Å². The van der Waals surface area contributed by atoms with Crippen LogP contribution in [0.15, 0.2) is 30.3 Å². The van der Waals surface area contributed by atoms with Crippen molar-refractivity contribution in [1.82, 2.24) is 4.90 Å². The molecule has 1 heteroatoms. The van der Waals surface area contributed by atoms with E-state index in [1.54, 1.807) is 0 Å². The molecule has 2 unspecified atom stereocenters. The third-order valence-corrected chi connectivity index (χ3v) is 3.57. The van der Waals surface area contributed by atoms with Crippen LogP contribution in [0.2, 0.25) is 0 Å². The largest absolute Gasteiger partial charge is 0.306 e. The summed E-state index contributed by atoms with van der Waals surface area (Å²) < 4.78 is 0. The number of nitrogens with zero attached hydrogens (tertiary/aromatic N) is 1. The van der Waals surface area contributed by atoms with E-state index in [2.05, 4.69) is 49.2 Å². The molecular weight excluding hydrogens is 182 g/mol. The zero-order valence-corrected chi connectivity index (χ0v) is 9.82. The molecule has 1 aromatic carbocycles. The first-order chi connectivity index (χ1) is 7.27. The van der Waals surface area contributed by atoms with Gasteiger partial charge in [-0.1, -0.05) is 37.3 Å².